The summed E-state index contributed by atoms with van der Waals surface area (Å²) in [5, 5.41) is 22.1. The van der Waals surface area contributed by atoms with Gasteiger partial charge in [-0.15, -0.1) is 0 Å². The minimum atomic E-state index is -1.12. The summed E-state index contributed by atoms with van der Waals surface area (Å²) in [6.45, 7) is 6.44. The molecule has 7 aromatic rings. The van der Waals surface area contributed by atoms with E-state index in [2.05, 4.69) is 60.7 Å². The summed E-state index contributed by atoms with van der Waals surface area (Å²) in [5.74, 6) is 0.248. The third-order valence-corrected chi connectivity index (χ3v) is 15.9. The largest absolute Gasteiger partial charge is 0.489 e. The first-order valence-electron chi connectivity index (χ1n) is 24.8. The van der Waals surface area contributed by atoms with Gasteiger partial charge in [-0.3, -0.25) is 29.7 Å². The molecule has 0 saturated carbocycles. The summed E-state index contributed by atoms with van der Waals surface area (Å²) in [7, 11) is 1.95. The van der Waals surface area contributed by atoms with Crippen molar-refractivity contribution >= 4 is 72.8 Å². The number of hydrogen-bond donors (Lipinski definition) is 3. The van der Waals surface area contributed by atoms with Gasteiger partial charge in [-0.1, -0.05) is 59.9 Å². The fraction of sp³-hybridized carbons (Fsp3) is 0.364. The van der Waals surface area contributed by atoms with E-state index in [1.54, 1.807) is 6.07 Å². The standard InChI is InChI=1S/C55H57N9O6S/c1-61-51-41(50(60-61)42-19-21-48(65)58-53(42)67)8-5-10-45(51)63-28-24-36(31-63)30-62-26-22-35(23-27-62)13-12-34-14-17-39(18-15-34)70-33-38-16-20-47(57-49(38)54(68)69)64-29-25-37-6-4-7-40(43(37)32-64)52(66)59-55-56-44-9-2-3-11-46(44)71-55/h2-11,14-18,20,35-36,42H,12-13,19,21-33H2,1H3,(H,68,69)(H,56,59,66)(H,58,65,67). The molecule has 0 aliphatic carbocycles. The van der Waals surface area contributed by atoms with Crippen molar-refractivity contribution in [3.05, 3.63) is 136 Å². The van der Waals surface area contributed by atoms with Crippen molar-refractivity contribution in [1.29, 1.82) is 0 Å². The lowest BCUT2D eigenvalue weighted by Crippen LogP contribution is -2.39. The second-order valence-electron chi connectivity index (χ2n) is 19.5. The van der Waals surface area contributed by atoms with Crippen LogP contribution >= 0.6 is 11.3 Å². The van der Waals surface area contributed by atoms with Crippen LogP contribution in [0.4, 0.5) is 16.6 Å². The number of anilines is 3. The highest BCUT2D eigenvalue weighted by molar-refractivity contribution is 7.22. The molecule has 0 spiro atoms. The molecule has 2 unspecified atom stereocenters. The first-order valence-corrected chi connectivity index (χ1v) is 25.7. The maximum Gasteiger partial charge on any atom is 0.354 e. The maximum absolute atomic E-state index is 13.6. The number of piperidine rings is 2. The van der Waals surface area contributed by atoms with Gasteiger partial charge in [-0.25, -0.2) is 14.8 Å². The highest BCUT2D eigenvalue weighted by Gasteiger charge is 2.34. The normalized spacial score (nSPS) is 18.8. The van der Waals surface area contributed by atoms with Crippen molar-refractivity contribution < 1.29 is 29.0 Å². The third kappa shape index (κ3) is 9.82. The molecule has 3 N–H and O–H groups in total. The highest BCUT2D eigenvalue weighted by Crippen LogP contribution is 2.37. The summed E-state index contributed by atoms with van der Waals surface area (Å²) in [5.41, 5.74) is 8.04. The van der Waals surface area contributed by atoms with Crippen molar-refractivity contribution in [2.75, 3.05) is 54.4 Å². The molecule has 4 aliphatic rings. The molecule has 3 fully saturated rings. The van der Waals surface area contributed by atoms with E-state index in [4.69, 9.17) is 9.84 Å². The minimum Gasteiger partial charge on any atom is -0.489 e. The fourth-order valence-corrected chi connectivity index (χ4v) is 12.0. The van der Waals surface area contributed by atoms with E-state index in [1.807, 2.05) is 77.3 Å². The summed E-state index contributed by atoms with van der Waals surface area (Å²) in [4.78, 5) is 67.0. The van der Waals surface area contributed by atoms with Crippen LogP contribution in [0.25, 0.3) is 21.1 Å². The third-order valence-electron chi connectivity index (χ3n) is 15.0. The Kier molecular flexibility index (Phi) is 13.0. The Morgan fingerprint density at radius 1 is 0.845 bits per heavy atom. The molecule has 3 saturated heterocycles. The number of aryl methyl sites for hydroxylation is 2. The number of fused-ring (bicyclic) bond motifs is 3. The molecule has 3 amide bonds. The van der Waals surface area contributed by atoms with E-state index in [9.17, 15) is 24.3 Å². The fourth-order valence-electron chi connectivity index (χ4n) is 11.2. The van der Waals surface area contributed by atoms with Gasteiger partial charge in [0.15, 0.2) is 10.8 Å². The number of carbonyl (C=O) groups excluding carboxylic acids is 3. The molecule has 4 aliphatic heterocycles. The number of aromatic nitrogens is 4. The van der Waals surface area contributed by atoms with Crippen LogP contribution in [0, 0.1) is 11.8 Å². The van der Waals surface area contributed by atoms with Crippen LogP contribution in [0.15, 0.2) is 97.1 Å². The van der Waals surface area contributed by atoms with E-state index in [1.165, 1.54) is 29.7 Å². The van der Waals surface area contributed by atoms with Gasteiger partial charge in [0, 0.05) is 62.7 Å². The minimum absolute atomic E-state index is 0.0508. The topological polar surface area (TPSA) is 175 Å². The number of likely N-dealkylation sites (tertiary alicyclic amines) is 1. The van der Waals surface area contributed by atoms with Gasteiger partial charge >= 0.3 is 5.97 Å². The molecule has 0 radical (unpaired) electrons. The molecule has 0 bridgehead atoms. The Morgan fingerprint density at radius 3 is 2.48 bits per heavy atom. The number of carbonyl (C=O) groups is 4. The van der Waals surface area contributed by atoms with Gasteiger partial charge in [0.2, 0.25) is 11.8 Å². The predicted octanol–water partition coefficient (Wildman–Crippen LogP) is 8.36. The van der Waals surface area contributed by atoms with E-state index >= 15 is 0 Å². The van der Waals surface area contributed by atoms with Crippen LogP contribution in [-0.2, 0) is 42.6 Å². The van der Waals surface area contributed by atoms with Crippen LogP contribution in [0.5, 0.6) is 5.75 Å². The average Bonchev–Trinajstić information content (AvgIpc) is 4.12. The molecular formula is C55H57N9O6S. The van der Waals surface area contributed by atoms with E-state index in [-0.39, 0.29) is 30.0 Å². The number of carboxylic acid groups (broad SMARTS) is 1. The van der Waals surface area contributed by atoms with Crippen molar-refractivity contribution in [1.82, 2.24) is 30.0 Å². The van der Waals surface area contributed by atoms with Gasteiger partial charge in [-0.2, -0.15) is 5.10 Å². The Hall–Kier alpha value is -7.17. The van der Waals surface area contributed by atoms with Crippen LogP contribution in [0.2, 0.25) is 0 Å². The molecule has 364 valence electrons. The lowest BCUT2D eigenvalue weighted by molar-refractivity contribution is -0.134. The van der Waals surface area contributed by atoms with Gasteiger partial charge in [0.25, 0.3) is 5.91 Å². The number of aromatic carboxylic acids is 1. The second-order valence-corrected chi connectivity index (χ2v) is 20.6. The van der Waals surface area contributed by atoms with Crippen LogP contribution in [-0.4, -0.2) is 92.7 Å². The highest BCUT2D eigenvalue weighted by atomic mass is 32.1. The first kappa shape index (κ1) is 46.2. The summed E-state index contributed by atoms with van der Waals surface area (Å²) < 4.78 is 9.03. The number of carboxylic acids is 1. The van der Waals surface area contributed by atoms with Gasteiger partial charge in [-0.05, 0) is 135 Å². The molecule has 16 heteroatoms. The molecule has 4 aromatic carbocycles. The number of benzene rings is 4. The Morgan fingerprint density at radius 2 is 1.66 bits per heavy atom. The summed E-state index contributed by atoms with van der Waals surface area (Å²) in [6, 6.07) is 31.6. The predicted molar refractivity (Wildman–Crippen MR) is 274 cm³/mol. The quantitative estimate of drug-likeness (QED) is 0.0890. The van der Waals surface area contributed by atoms with Crippen LogP contribution in [0.3, 0.4) is 0 Å². The van der Waals surface area contributed by atoms with Crippen molar-refractivity contribution in [2.45, 2.75) is 70.4 Å². The number of hydrogen-bond acceptors (Lipinski definition) is 12. The lowest BCUT2D eigenvalue weighted by Gasteiger charge is -2.33. The first-order chi connectivity index (χ1) is 34.6. The zero-order valence-corrected chi connectivity index (χ0v) is 40.6. The zero-order valence-electron chi connectivity index (χ0n) is 39.8. The summed E-state index contributed by atoms with van der Waals surface area (Å²) >= 11 is 1.43. The molecule has 15 nitrogen and oxygen atoms in total. The Balaban J connectivity index is 0.640. The second kappa shape index (κ2) is 19.9. The number of rotatable bonds is 14. The van der Waals surface area contributed by atoms with Crippen molar-refractivity contribution in [2.24, 2.45) is 18.9 Å². The van der Waals surface area contributed by atoms with Crippen molar-refractivity contribution in [3.63, 3.8) is 0 Å². The monoisotopic (exact) mass is 971 g/mol. The molecule has 11 rings (SSSR count). The van der Waals surface area contributed by atoms with Gasteiger partial charge in [0.1, 0.15) is 18.2 Å². The number of pyridine rings is 1. The zero-order chi connectivity index (χ0) is 48.6. The number of ether oxygens (including phenoxy) is 1. The number of imide groups is 1. The molecule has 2 atom stereocenters. The number of thiazole rings is 1. The number of amides is 3. The van der Waals surface area contributed by atoms with Crippen LogP contribution < -0.4 is 25.2 Å². The van der Waals surface area contributed by atoms with E-state index in [0.29, 0.717) is 72.0 Å². The van der Waals surface area contributed by atoms with E-state index < -0.39 is 11.9 Å². The smallest absolute Gasteiger partial charge is 0.354 e. The van der Waals surface area contributed by atoms with Crippen molar-refractivity contribution in [3.8, 4) is 5.75 Å². The number of nitrogens with zero attached hydrogens (tertiary/aromatic N) is 7. The van der Waals surface area contributed by atoms with Crippen LogP contribution in [0.1, 0.15) is 93.2 Å². The number of para-hydroxylation sites is 2. The van der Waals surface area contributed by atoms with Gasteiger partial charge < -0.3 is 24.5 Å². The van der Waals surface area contributed by atoms with Gasteiger partial charge in [0.05, 0.1) is 33.0 Å². The number of nitrogens with one attached hydrogen (secondary N) is 2. The SMILES string of the molecule is Cn1nc(C2CCC(=O)NC2=O)c2cccc(N3CCC(CN4CCC(CCc5ccc(OCc6ccc(N7CCc8cccc(C(=O)Nc9nc%10ccccc%10s9)c8C7)nc6C(=O)O)cc5)CC4)C3)c21. The molecule has 7 heterocycles. The average molecular weight is 972 g/mol. The van der Waals surface area contributed by atoms with E-state index in [0.717, 1.165) is 95.6 Å². The summed E-state index contributed by atoms with van der Waals surface area (Å²) in [6.07, 6.45) is 7.19. The Bertz CT molecular complexity index is 3130. The molecule has 3 aromatic heterocycles. The molecule has 71 heavy (non-hydrogen) atoms. The Labute approximate surface area is 415 Å². The maximum atomic E-state index is 13.6. The lowest BCUT2D eigenvalue weighted by atomic mass is 9.90. The molecular weight excluding hydrogens is 915 g/mol.